The highest BCUT2D eigenvalue weighted by Crippen LogP contribution is 2.33. The van der Waals surface area contributed by atoms with Crippen LogP contribution in [-0.2, 0) is 11.2 Å². The van der Waals surface area contributed by atoms with E-state index in [1.165, 1.54) is 12.8 Å². The van der Waals surface area contributed by atoms with Crippen molar-refractivity contribution < 1.29 is 9.90 Å². The maximum Gasteiger partial charge on any atom is 0.307 e. The first-order chi connectivity index (χ1) is 9.24. The Morgan fingerprint density at radius 1 is 1.42 bits per heavy atom. The highest BCUT2D eigenvalue weighted by Gasteiger charge is 2.31. The smallest absolute Gasteiger partial charge is 0.307 e. The summed E-state index contributed by atoms with van der Waals surface area (Å²) in [5.41, 5.74) is 1.76. The molecule has 100 valence electrons. The van der Waals surface area contributed by atoms with Crippen molar-refractivity contribution in [1.82, 2.24) is 9.38 Å². The molecule has 1 N–H and O–H groups in total. The van der Waals surface area contributed by atoms with Gasteiger partial charge in [0.2, 0.25) is 0 Å². The van der Waals surface area contributed by atoms with Gasteiger partial charge < -0.3 is 9.51 Å². The molecule has 1 atom stereocenters. The van der Waals surface area contributed by atoms with Crippen LogP contribution >= 0.6 is 0 Å². The standard InChI is InChI=1S/C15H18N2O2/c18-15(19)13(11-5-1-2-6-11)9-12-10-17-8-4-3-7-14(17)16-12/h3-4,7-8,10-11,13H,1-2,5-6,9H2,(H,18,19). The van der Waals surface area contributed by atoms with Crippen molar-refractivity contribution in [2.24, 2.45) is 11.8 Å². The number of hydrogen-bond acceptors (Lipinski definition) is 2. The lowest BCUT2D eigenvalue weighted by molar-refractivity contribution is -0.143. The van der Waals surface area contributed by atoms with Crippen LogP contribution in [0.3, 0.4) is 0 Å². The number of imidazole rings is 1. The van der Waals surface area contributed by atoms with Gasteiger partial charge in [0, 0.05) is 18.8 Å². The van der Waals surface area contributed by atoms with Crippen LogP contribution in [0.25, 0.3) is 5.65 Å². The first-order valence-electron chi connectivity index (χ1n) is 6.89. The molecule has 1 unspecified atom stereocenters. The van der Waals surface area contributed by atoms with Crippen LogP contribution in [0.5, 0.6) is 0 Å². The Labute approximate surface area is 112 Å². The molecule has 0 saturated heterocycles. The van der Waals surface area contributed by atoms with E-state index >= 15 is 0 Å². The van der Waals surface area contributed by atoms with Crippen molar-refractivity contribution in [2.75, 3.05) is 0 Å². The summed E-state index contributed by atoms with van der Waals surface area (Å²) in [6, 6.07) is 5.83. The molecule has 0 aromatic carbocycles. The van der Waals surface area contributed by atoms with E-state index in [2.05, 4.69) is 4.98 Å². The van der Waals surface area contributed by atoms with E-state index in [-0.39, 0.29) is 5.92 Å². The number of carbonyl (C=O) groups is 1. The lowest BCUT2D eigenvalue weighted by atomic mass is 9.87. The third-order valence-electron chi connectivity index (χ3n) is 4.13. The Balaban J connectivity index is 1.82. The lowest BCUT2D eigenvalue weighted by Crippen LogP contribution is -2.24. The van der Waals surface area contributed by atoms with Gasteiger partial charge >= 0.3 is 5.97 Å². The number of nitrogens with zero attached hydrogens (tertiary/aromatic N) is 2. The van der Waals surface area contributed by atoms with Gasteiger partial charge in [0.1, 0.15) is 5.65 Å². The lowest BCUT2D eigenvalue weighted by Gasteiger charge is -2.17. The molecule has 2 aromatic heterocycles. The van der Waals surface area contributed by atoms with Crippen LogP contribution in [-0.4, -0.2) is 20.5 Å². The minimum absolute atomic E-state index is 0.285. The van der Waals surface area contributed by atoms with Gasteiger partial charge in [0.25, 0.3) is 0 Å². The van der Waals surface area contributed by atoms with Crippen molar-refractivity contribution in [1.29, 1.82) is 0 Å². The molecule has 4 nitrogen and oxygen atoms in total. The topological polar surface area (TPSA) is 54.6 Å². The average molecular weight is 258 g/mol. The predicted octanol–water partition coefficient (Wildman–Crippen LogP) is 2.77. The monoisotopic (exact) mass is 258 g/mol. The number of carboxylic acids is 1. The minimum Gasteiger partial charge on any atom is -0.481 e. The molecule has 1 aliphatic rings. The van der Waals surface area contributed by atoms with Crippen molar-refractivity contribution in [3.8, 4) is 0 Å². The van der Waals surface area contributed by atoms with Gasteiger partial charge in [-0.2, -0.15) is 0 Å². The van der Waals surface area contributed by atoms with Crippen LogP contribution in [0.4, 0.5) is 0 Å². The molecule has 2 heterocycles. The molecule has 0 bridgehead atoms. The maximum absolute atomic E-state index is 11.5. The average Bonchev–Trinajstić information content (AvgIpc) is 3.04. The predicted molar refractivity (Wildman–Crippen MR) is 72.0 cm³/mol. The molecule has 0 spiro atoms. The zero-order valence-corrected chi connectivity index (χ0v) is 10.8. The quantitative estimate of drug-likeness (QED) is 0.917. The van der Waals surface area contributed by atoms with Crippen molar-refractivity contribution >= 4 is 11.6 Å². The van der Waals surface area contributed by atoms with Gasteiger partial charge in [-0.3, -0.25) is 4.79 Å². The zero-order chi connectivity index (χ0) is 13.2. The van der Waals surface area contributed by atoms with Crippen molar-refractivity contribution in [3.63, 3.8) is 0 Å². The molecule has 4 heteroatoms. The van der Waals surface area contributed by atoms with Crippen LogP contribution in [0, 0.1) is 11.8 Å². The Hall–Kier alpha value is -1.84. The summed E-state index contributed by atoms with van der Waals surface area (Å²) in [5, 5.41) is 9.44. The largest absolute Gasteiger partial charge is 0.481 e. The van der Waals surface area contributed by atoms with Crippen LogP contribution in [0.1, 0.15) is 31.4 Å². The summed E-state index contributed by atoms with van der Waals surface area (Å²) in [4.78, 5) is 16.0. The Kier molecular flexibility index (Phi) is 3.23. The molecule has 1 fully saturated rings. The summed E-state index contributed by atoms with van der Waals surface area (Å²) in [6.45, 7) is 0. The van der Waals surface area contributed by atoms with Crippen LogP contribution < -0.4 is 0 Å². The molecule has 3 rings (SSSR count). The Bertz CT molecular complexity index is 552. The molecule has 19 heavy (non-hydrogen) atoms. The summed E-state index contributed by atoms with van der Waals surface area (Å²) in [5.74, 6) is -0.640. The second kappa shape index (κ2) is 5.03. The normalized spacial score (nSPS) is 17.9. The molecule has 0 amide bonds. The fraction of sp³-hybridized carbons (Fsp3) is 0.467. The SMILES string of the molecule is O=C(O)C(Cc1cn2ccccc2n1)C1CCCC1. The Morgan fingerprint density at radius 2 is 2.21 bits per heavy atom. The molecule has 0 aliphatic heterocycles. The highest BCUT2D eigenvalue weighted by molar-refractivity contribution is 5.70. The van der Waals surface area contributed by atoms with E-state index in [0.717, 1.165) is 24.2 Å². The second-order valence-corrected chi connectivity index (χ2v) is 5.39. The fourth-order valence-corrected chi connectivity index (χ4v) is 3.13. The summed E-state index contributed by atoms with van der Waals surface area (Å²) < 4.78 is 1.95. The van der Waals surface area contributed by atoms with E-state index in [9.17, 15) is 9.90 Å². The van der Waals surface area contributed by atoms with Crippen molar-refractivity contribution in [3.05, 3.63) is 36.3 Å². The Morgan fingerprint density at radius 3 is 2.89 bits per heavy atom. The number of aliphatic carboxylic acids is 1. The molecule has 1 saturated carbocycles. The molecule has 0 radical (unpaired) electrons. The summed E-state index contributed by atoms with van der Waals surface area (Å²) in [7, 11) is 0. The summed E-state index contributed by atoms with van der Waals surface area (Å²) in [6.07, 6.45) is 8.85. The van der Waals surface area contributed by atoms with E-state index in [0.29, 0.717) is 12.3 Å². The third-order valence-corrected chi connectivity index (χ3v) is 4.13. The first kappa shape index (κ1) is 12.2. The third kappa shape index (κ3) is 2.48. The second-order valence-electron chi connectivity index (χ2n) is 5.39. The minimum atomic E-state index is -0.677. The van der Waals surface area contributed by atoms with E-state index in [4.69, 9.17) is 0 Å². The van der Waals surface area contributed by atoms with Crippen molar-refractivity contribution in [2.45, 2.75) is 32.1 Å². The van der Waals surface area contributed by atoms with Gasteiger partial charge in [-0.25, -0.2) is 4.98 Å². The van der Waals surface area contributed by atoms with Gasteiger partial charge in [-0.1, -0.05) is 18.9 Å². The van der Waals surface area contributed by atoms with E-state index < -0.39 is 5.97 Å². The number of hydrogen-bond donors (Lipinski definition) is 1. The maximum atomic E-state index is 11.5. The van der Waals surface area contributed by atoms with Crippen LogP contribution in [0.15, 0.2) is 30.6 Å². The number of carboxylic acid groups (broad SMARTS) is 1. The number of rotatable bonds is 4. The van der Waals surface area contributed by atoms with E-state index in [1.807, 2.05) is 35.0 Å². The van der Waals surface area contributed by atoms with Gasteiger partial charge in [-0.15, -0.1) is 0 Å². The molecular formula is C15H18N2O2. The summed E-state index contributed by atoms with van der Waals surface area (Å²) >= 11 is 0. The molecule has 1 aliphatic carbocycles. The molecular weight excluding hydrogens is 240 g/mol. The van der Waals surface area contributed by atoms with Gasteiger partial charge in [0.15, 0.2) is 0 Å². The number of pyridine rings is 1. The van der Waals surface area contributed by atoms with E-state index in [1.54, 1.807) is 0 Å². The van der Waals surface area contributed by atoms with Gasteiger partial charge in [0.05, 0.1) is 11.6 Å². The number of aromatic nitrogens is 2. The first-order valence-corrected chi connectivity index (χ1v) is 6.89. The highest BCUT2D eigenvalue weighted by atomic mass is 16.4. The fourth-order valence-electron chi connectivity index (χ4n) is 3.13. The zero-order valence-electron chi connectivity index (χ0n) is 10.8. The number of fused-ring (bicyclic) bond motifs is 1. The van der Waals surface area contributed by atoms with Crippen LogP contribution in [0.2, 0.25) is 0 Å². The molecule has 2 aromatic rings. The van der Waals surface area contributed by atoms with Gasteiger partial charge in [-0.05, 0) is 30.9 Å².